The lowest BCUT2D eigenvalue weighted by Gasteiger charge is -2.08. The number of nitrogens with zero attached hydrogens (tertiary/aromatic N) is 2. The molecule has 0 atom stereocenters. The second-order valence-electron chi connectivity index (χ2n) is 7.83. The van der Waals surface area contributed by atoms with Gasteiger partial charge in [0.25, 0.3) is 17.5 Å². The summed E-state index contributed by atoms with van der Waals surface area (Å²) < 4.78 is 5.41. The van der Waals surface area contributed by atoms with Crippen molar-refractivity contribution in [2.75, 3.05) is 5.32 Å². The van der Waals surface area contributed by atoms with Gasteiger partial charge in [-0.3, -0.25) is 19.7 Å². The highest BCUT2D eigenvalue weighted by atomic mass is 16.6. The van der Waals surface area contributed by atoms with Gasteiger partial charge in [-0.1, -0.05) is 36.4 Å². The number of non-ortho nitro benzene ring substituents is 1. The second kappa shape index (κ2) is 11.9. The Balaban J connectivity index is 1.39. The van der Waals surface area contributed by atoms with Crippen molar-refractivity contribution in [3.05, 3.63) is 135 Å². The number of para-hydroxylation sites is 1. The van der Waals surface area contributed by atoms with Gasteiger partial charge in [0, 0.05) is 34.5 Å². The number of ether oxygens (including phenoxy) is 1. The van der Waals surface area contributed by atoms with Gasteiger partial charge in [0.2, 0.25) is 0 Å². The molecule has 188 valence electrons. The normalized spacial score (nSPS) is 10.5. The van der Waals surface area contributed by atoms with Crippen LogP contribution in [0.4, 0.5) is 11.4 Å². The van der Waals surface area contributed by atoms with Crippen LogP contribution in [0.5, 0.6) is 5.75 Å². The first-order valence-corrected chi connectivity index (χ1v) is 11.3. The van der Waals surface area contributed by atoms with Crippen molar-refractivity contribution in [1.82, 2.24) is 5.43 Å². The lowest BCUT2D eigenvalue weighted by atomic mass is 10.1. The van der Waals surface area contributed by atoms with Crippen molar-refractivity contribution in [2.24, 2.45) is 5.10 Å². The summed E-state index contributed by atoms with van der Waals surface area (Å²) in [5.74, 6) is -1.35. The number of nitrogens with one attached hydrogen (secondary N) is 2. The number of rotatable bonds is 8. The molecule has 0 aliphatic rings. The molecule has 2 N–H and O–H groups in total. The Kier molecular flexibility index (Phi) is 7.95. The molecule has 0 saturated heterocycles. The molecule has 0 heterocycles. The zero-order chi connectivity index (χ0) is 26.9. The average molecular weight is 508 g/mol. The minimum atomic E-state index is -0.709. The maximum Gasteiger partial charge on any atom is 0.343 e. The average Bonchev–Trinajstić information content (AvgIpc) is 2.94. The molecule has 4 rings (SSSR count). The minimum Gasteiger partial charge on any atom is -0.422 e. The van der Waals surface area contributed by atoms with Gasteiger partial charge in [0.05, 0.1) is 16.7 Å². The van der Waals surface area contributed by atoms with E-state index in [0.717, 1.165) is 0 Å². The summed E-state index contributed by atoms with van der Waals surface area (Å²) >= 11 is 0. The lowest BCUT2D eigenvalue weighted by Crippen LogP contribution is -2.18. The maximum absolute atomic E-state index is 12.6. The van der Waals surface area contributed by atoms with E-state index >= 15 is 0 Å². The summed E-state index contributed by atoms with van der Waals surface area (Å²) in [5.41, 5.74) is 4.00. The van der Waals surface area contributed by atoms with E-state index in [4.69, 9.17) is 4.74 Å². The Morgan fingerprint density at radius 2 is 1.45 bits per heavy atom. The van der Waals surface area contributed by atoms with Gasteiger partial charge in [-0.15, -0.1) is 0 Å². The molecule has 0 saturated carbocycles. The number of nitro benzene ring substituents is 1. The molecule has 4 aromatic rings. The van der Waals surface area contributed by atoms with Gasteiger partial charge in [-0.2, -0.15) is 5.10 Å². The predicted octanol–water partition coefficient (Wildman–Crippen LogP) is 4.83. The van der Waals surface area contributed by atoms with E-state index in [9.17, 15) is 24.5 Å². The van der Waals surface area contributed by atoms with Crippen LogP contribution >= 0.6 is 0 Å². The van der Waals surface area contributed by atoms with Crippen LogP contribution in [-0.2, 0) is 0 Å². The third kappa shape index (κ3) is 6.52. The molecule has 0 spiro atoms. The Bertz CT molecular complexity index is 1520. The monoisotopic (exact) mass is 508 g/mol. The fourth-order valence-electron chi connectivity index (χ4n) is 3.31. The smallest absolute Gasteiger partial charge is 0.343 e. The number of hydrazone groups is 1. The number of anilines is 1. The number of carbonyl (C=O) groups excluding carboxylic acids is 3. The number of amides is 2. The molecule has 0 radical (unpaired) electrons. The predicted molar refractivity (Wildman–Crippen MR) is 140 cm³/mol. The Labute approximate surface area is 216 Å². The van der Waals surface area contributed by atoms with Gasteiger partial charge in [-0.25, -0.2) is 10.2 Å². The van der Waals surface area contributed by atoms with Crippen LogP contribution < -0.4 is 15.5 Å². The molecule has 10 heteroatoms. The first-order chi connectivity index (χ1) is 18.4. The van der Waals surface area contributed by atoms with Crippen LogP contribution in [0.2, 0.25) is 0 Å². The molecular formula is C28H20N4O6. The topological polar surface area (TPSA) is 140 Å². The zero-order valence-electron chi connectivity index (χ0n) is 19.7. The van der Waals surface area contributed by atoms with Gasteiger partial charge in [0.1, 0.15) is 5.75 Å². The molecule has 2 amide bonds. The van der Waals surface area contributed by atoms with Gasteiger partial charge < -0.3 is 10.1 Å². The number of nitro groups is 1. The number of carbonyl (C=O) groups is 3. The van der Waals surface area contributed by atoms with Crippen molar-refractivity contribution in [3.63, 3.8) is 0 Å². The third-order valence-corrected chi connectivity index (χ3v) is 5.22. The third-order valence-electron chi connectivity index (χ3n) is 5.22. The number of esters is 1. The van der Waals surface area contributed by atoms with E-state index in [-0.39, 0.29) is 28.5 Å². The summed E-state index contributed by atoms with van der Waals surface area (Å²) in [6.07, 6.45) is 1.32. The molecule has 4 aromatic carbocycles. The molecule has 38 heavy (non-hydrogen) atoms. The van der Waals surface area contributed by atoms with E-state index in [2.05, 4.69) is 15.8 Å². The van der Waals surface area contributed by atoms with E-state index in [0.29, 0.717) is 16.8 Å². The largest absolute Gasteiger partial charge is 0.422 e. The molecule has 0 bridgehead atoms. The first kappa shape index (κ1) is 25.5. The van der Waals surface area contributed by atoms with Crippen LogP contribution in [0, 0.1) is 10.1 Å². The maximum atomic E-state index is 12.6. The van der Waals surface area contributed by atoms with Crippen LogP contribution in [0.1, 0.15) is 36.6 Å². The minimum absolute atomic E-state index is 0.134. The number of hydrogen-bond acceptors (Lipinski definition) is 7. The Hall–Kier alpha value is -5.64. The Morgan fingerprint density at radius 3 is 2.18 bits per heavy atom. The molecule has 0 aliphatic carbocycles. The lowest BCUT2D eigenvalue weighted by molar-refractivity contribution is -0.384. The van der Waals surface area contributed by atoms with Crippen molar-refractivity contribution in [3.8, 4) is 5.75 Å². The highest BCUT2D eigenvalue weighted by molar-refractivity contribution is 6.05. The molecule has 0 aliphatic heterocycles. The summed E-state index contributed by atoms with van der Waals surface area (Å²) in [7, 11) is 0. The summed E-state index contributed by atoms with van der Waals surface area (Å²) in [4.78, 5) is 47.7. The standard InChI is InChI=1S/C28H20N4O6/c33-26(19-7-2-1-3-8-19)30-23-11-6-10-21(17-23)27(34)31-29-18-22-9-4-5-12-25(22)38-28(35)20-13-15-24(16-14-20)32(36)37/h1-18H,(H,30,33)(H,31,34). The number of hydrogen-bond donors (Lipinski definition) is 2. The van der Waals surface area contributed by atoms with Crippen LogP contribution in [0.3, 0.4) is 0 Å². The quantitative estimate of drug-likeness (QED) is 0.115. The molecule has 0 unspecified atom stereocenters. The van der Waals surface area contributed by atoms with Gasteiger partial charge in [-0.05, 0) is 54.6 Å². The fourth-order valence-corrected chi connectivity index (χ4v) is 3.31. The highest BCUT2D eigenvalue weighted by Gasteiger charge is 2.13. The fraction of sp³-hybridized carbons (Fsp3) is 0. The van der Waals surface area contributed by atoms with Crippen molar-refractivity contribution in [1.29, 1.82) is 0 Å². The zero-order valence-corrected chi connectivity index (χ0v) is 19.7. The van der Waals surface area contributed by atoms with Crippen LogP contribution in [0.25, 0.3) is 0 Å². The van der Waals surface area contributed by atoms with E-state index in [1.807, 2.05) is 6.07 Å². The van der Waals surface area contributed by atoms with Crippen molar-refractivity contribution >= 4 is 35.4 Å². The van der Waals surface area contributed by atoms with Crippen LogP contribution in [-0.4, -0.2) is 28.9 Å². The van der Waals surface area contributed by atoms with Crippen molar-refractivity contribution < 1.29 is 24.0 Å². The molecule has 10 nitrogen and oxygen atoms in total. The van der Waals surface area contributed by atoms with E-state index in [1.165, 1.54) is 36.5 Å². The van der Waals surface area contributed by atoms with Crippen molar-refractivity contribution in [2.45, 2.75) is 0 Å². The van der Waals surface area contributed by atoms with Gasteiger partial charge >= 0.3 is 5.97 Å². The molecule has 0 fully saturated rings. The summed E-state index contributed by atoms with van der Waals surface area (Å²) in [6, 6.07) is 26.6. The van der Waals surface area contributed by atoms with E-state index in [1.54, 1.807) is 66.7 Å². The SMILES string of the molecule is O=C(NN=Cc1ccccc1OC(=O)c1ccc([N+](=O)[O-])cc1)c1cccc(NC(=O)c2ccccc2)c1. The molecule has 0 aromatic heterocycles. The summed E-state index contributed by atoms with van der Waals surface area (Å²) in [5, 5.41) is 17.5. The molecular weight excluding hydrogens is 488 g/mol. The second-order valence-corrected chi connectivity index (χ2v) is 7.83. The first-order valence-electron chi connectivity index (χ1n) is 11.3. The summed E-state index contributed by atoms with van der Waals surface area (Å²) in [6.45, 7) is 0. The van der Waals surface area contributed by atoms with Gasteiger partial charge in [0.15, 0.2) is 0 Å². The van der Waals surface area contributed by atoms with Crippen LogP contribution in [0.15, 0.2) is 108 Å². The Morgan fingerprint density at radius 1 is 0.763 bits per heavy atom. The highest BCUT2D eigenvalue weighted by Crippen LogP contribution is 2.19. The van der Waals surface area contributed by atoms with E-state index < -0.39 is 16.8 Å². The number of benzene rings is 4.